The average molecular weight is 250 g/mol. The highest BCUT2D eigenvalue weighted by Crippen LogP contribution is 2.11. The molecular formula is C13H16ClN3. The number of hydrogen-bond acceptors (Lipinski definition) is 2. The van der Waals surface area contributed by atoms with Crippen molar-refractivity contribution < 1.29 is 0 Å². The van der Waals surface area contributed by atoms with E-state index < -0.39 is 0 Å². The van der Waals surface area contributed by atoms with Crippen molar-refractivity contribution in [3.8, 4) is 0 Å². The van der Waals surface area contributed by atoms with Gasteiger partial charge in [0, 0.05) is 25.5 Å². The van der Waals surface area contributed by atoms with Gasteiger partial charge in [-0.05, 0) is 26.0 Å². The van der Waals surface area contributed by atoms with Crippen LogP contribution in [0.2, 0.25) is 5.02 Å². The zero-order chi connectivity index (χ0) is 12.3. The molecule has 4 heteroatoms. The van der Waals surface area contributed by atoms with Gasteiger partial charge in [0.1, 0.15) is 5.65 Å². The second-order valence-corrected chi connectivity index (χ2v) is 4.69. The molecule has 0 spiro atoms. The molecule has 0 bridgehead atoms. The van der Waals surface area contributed by atoms with Crippen LogP contribution in [-0.4, -0.2) is 15.9 Å². The summed E-state index contributed by atoms with van der Waals surface area (Å²) >= 11 is 5.92. The van der Waals surface area contributed by atoms with E-state index in [9.17, 15) is 0 Å². The summed E-state index contributed by atoms with van der Waals surface area (Å²) in [5.41, 5.74) is 3.27. The van der Waals surface area contributed by atoms with E-state index in [0.29, 0.717) is 0 Å². The molecule has 3 nitrogen and oxygen atoms in total. The standard InChI is InChI=1S/C13H16ClN3/c1-10(2)5-6-15-7-12-9-17-8-11(14)3-4-13(17)16-12/h3-5,8-9,15H,6-7H2,1-2H3. The van der Waals surface area contributed by atoms with Crippen molar-refractivity contribution in [1.82, 2.24) is 14.7 Å². The molecule has 2 heterocycles. The third kappa shape index (κ3) is 3.32. The predicted molar refractivity (Wildman–Crippen MR) is 71.3 cm³/mol. The number of imidazole rings is 1. The van der Waals surface area contributed by atoms with Gasteiger partial charge in [0.25, 0.3) is 0 Å². The Hall–Kier alpha value is -1.32. The maximum absolute atomic E-state index is 5.92. The molecule has 0 aromatic carbocycles. The zero-order valence-corrected chi connectivity index (χ0v) is 10.8. The Labute approximate surface area is 106 Å². The van der Waals surface area contributed by atoms with Crippen molar-refractivity contribution in [2.45, 2.75) is 20.4 Å². The number of nitrogens with one attached hydrogen (secondary N) is 1. The van der Waals surface area contributed by atoms with Gasteiger partial charge in [0.2, 0.25) is 0 Å². The Morgan fingerprint density at radius 3 is 3.00 bits per heavy atom. The molecule has 0 fully saturated rings. The first-order valence-electron chi connectivity index (χ1n) is 5.62. The Morgan fingerprint density at radius 1 is 1.41 bits per heavy atom. The second kappa shape index (κ2) is 5.34. The van der Waals surface area contributed by atoms with Crippen LogP contribution in [0, 0.1) is 0 Å². The molecule has 0 saturated carbocycles. The lowest BCUT2D eigenvalue weighted by Crippen LogP contribution is -2.13. The normalized spacial score (nSPS) is 10.8. The van der Waals surface area contributed by atoms with Crippen LogP contribution >= 0.6 is 11.6 Å². The highest BCUT2D eigenvalue weighted by Gasteiger charge is 2.00. The summed E-state index contributed by atoms with van der Waals surface area (Å²) in [7, 11) is 0. The van der Waals surface area contributed by atoms with Crippen LogP contribution in [0.3, 0.4) is 0 Å². The fourth-order valence-electron chi connectivity index (χ4n) is 1.58. The van der Waals surface area contributed by atoms with E-state index in [4.69, 9.17) is 11.6 Å². The van der Waals surface area contributed by atoms with Gasteiger partial charge in [-0.2, -0.15) is 0 Å². The van der Waals surface area contributed by atoms with E-state index in [1.54, 1.807) is 0 Å². The summed E-state index contributed by atoms with van der Waals surface area (Å²) in [6.07, 6.45) is 6.02. The van der Waals surface area contributed by atoms with Gasteiger partial charge >= 0.3 is 0 Å². The summed E-state index contributed by atoms with van der Waals surface area (Å²) in [6.45, 7) is 5.82. The van der Waals surface area contributed by atoms with Gasteiger partial charge in [-0.1, -0.05) is 23.3 Å². The third-order valence-electron chi connectivity index (χ3n) is 2.43. The molecule has 0 aliphatic heterocycles. The molecule has 0 atom stereocenters. The van der Waals surface area contributed by atoms with Crippen molar-refractivity contribution in [3.63, 3.8) is 0 Å². The number of halogens is 1. The van der Waals surface area contributed by atoms with Gasteiger partial charge in [0.05, 0.1) is 10.7 Å². The van der Waals surface area contributed by atoms with Crippen LogP contribution in [0.15, 0.2) is 36.2 Å². The minimum atomic E-state index is 0.721. The van der Waals surface area contributed by atoms with E-state index in [1.807, 2.05) is 28.9 Å². The maximum atomic E-state index is 5.92. The van der Waals surface area contributed by atoms with E-state index in [2.05, 4.69) is 30.2 Å². The van der Waals surface area contributed by atoms with Crippen LogP contribution in [0.1, 0.15) is 19.5 Å². The SMILES string of the molecule is CC(C)=CCNCc1cn2cc(Cl)ccc2n1. The van der Waals surface area contributed by atoms with Gasteiger partial charge in [-0.15, -0.1) is 0 Å². The minimum absolute atomic E-state index is 0.721. The zero-order valence-electron chi connectivity index (χ0n) is 10.1. The summed E-state index contributed by atoms with van der Waals surface area (Å²) < 4.78 is 1.94. The molecule has 90 valence electrons. The van der Waals surface area contributed by atoms with E-state index in [1.165, 1.54) is 5.57 Å². The largest absolute Gasteiger partial charge is 0.308 e. The van der Waals surface area contributed by atoms with Gasteiger partial charge in [0.15, 0.2) is 0 Å². The van der Waals surface area contributed by atoms with Crippen LogP contribution < -0.4 is 5.32 Å². The lowest BCUT2D eigenvalue weighted by Gasteiger charge is -1.97. The van der Waals surface area contributed by atoms with Crippen LogP contribution in [-0.2, 0) is 6.54 Å². The molecule has 0 aliphatic rings. The molecule has 2 rings (SSSR count). The molecular weight excluding hydrogens is 234 g/mol. The second-order valence-electron chi connectivity index (χ2n) is 4.26. The fourth-order valence-corrected chi connectivity index (χ4v) is 1.75. The molecule has 1 N–H and O–H groups in total. The van der Waals surface area contributed by atoms with Crippen molar-refractivity contribution in [3.05, 3.63) is 46.9 Å². The Balaban J connectivity index is 2.02. The Kier molecular flexibility index (Phi) is 3.82. The number of rotatable bonds is 4. The molecule has 0 saturated heterocycles. The van der Waals surface area contributed by atoms with Crippen LogP contribution in [0.5, 0.6) is 0 Å². The number of allylic oxidation sites excluding steroid dienone is 1. The fraction of sp³-hybridized carbons (Fsp3) is 0.308. The number of nitrogens with zero attached hydrogens (tertiary/aromatic N) is 2. The molecule has 0 radical (unpaired) electrons. The van der Waals surface area contributed by atoms with Gasteiger partial charge < -0.3 is 9.72 Å². The topological polar surface area (TPSA) is 29.3 Å². The summed E-state index contributed by atoms with van der Waals surface area (Å²) in [5, 5.41) is 4.04. The molecule has 0 amide bonds. The molecule has 0 unspecified atom stereocenters. The summed E-state index contributed by atoms with van der Waals surface area (Å²) in [6, 6.07) is 3.77. The predicted octanol–water partition coefficient (Wildman–Crippen LogP) is 3.04. The van der Waals surface area contributed by atoms with Crippen molar-refractivity contribution >= 4 is 17.2 Å². The van der Waals surface area contributed by atoms with Crippen molar-refractivity contribution in [2.24, 2.45) is 0 Å². The average Bonchev–Trinajstić information content (AvgIpc) is 2.66. The van der Waals surface area contributed by atoms with Crippen molar-refractivity contribution in [2.75, 3.05) is 6.54 Å². The van der Waals surface area contributed by atoms with Gasteiger partial charge in [-0.25, -0.2) is 4.98 Å². The lowest BCUT2D eigenvalue weighted by atomic mass is 10.3. The summed E-state index contributed by atoms with van der Waals surface area (Å²) in [5.74, 6) is 0. The summed E-state index contributed by atoms with van der Waals surface area (Å²) in [4.78, 5) is 4.49. The van der Waals surface area contributed by atoms with Gasteiger partial charge in [-0.3, -0.25) is 0 Å². The molecule has 0 aliphatic carbocycles. The van der Waals surface area contributed by atoms with Crippen LogP contribution in [0.25, 0.3) is 5.65 Å². The van der Waals surface area contributed by atoms with Crippen molar-refractivity contribution in [1.29, 1.82) is 0 Å². The highest BCUT2D eigenvalue weighted by molar-refractivity contribution is 6.30. The lowest BCUT2D eigenvalue weighted by molar-refractivity contribution is 0.742. The Bertz CT molecular complexity index is 539. The highest BCUT2D eigenvalue weighted by atomic mass is 35.5. The van der Waals surface area contributed by atoms with E-state index >= 15 is 0 Å². The molecule has 2 aromatic rings. The first-order valence-corrected chi connectivity index (χ1v) is 6.00. The monoisotopic (exact) mass is 249 g/mol. The number of aromatic nitrogens is 2. The number of fused-ring (bicyclic) bond motifs is 1. The Morgan fingerprint density at radius 2 is 2.24 bits per heavy atom. The van der Waals surface area contributed by atoms with Crippen LogP contribution in [0.4, 0.5) is 0 Å². The quantitative estimate of drug-likeness (QED) is 0.667. The van der Waals surface area contributed by atoms with E-state index in [-0.39, 0.29) is 0 Å². The smallest absolute Gasteiger partial charge is 0.137 e. The third-order valence-corrected chi connectivity index (χ3v) is 2.65. The first-order chi connectivity index (χ1) is 8.15. The number of pyridine rings is 1. The first kappa shape index (κ1) is 12.1. The maximum Gasteiger partial charge on any atom is 0.137 e. The number of hydrogen-bond donors (Lipinski definition) is 1. The molecule has 17 heavy (non-hydrogen) atoms. The van der Waals surface area contributed by atoms with E-state index in [0.717, 1.165) is 29.5 Å². The molecule has 2 aromatic heterocycles. The minimum Gasteiger partial charge on any atom is -0.308 e.